The van der Waals surface area contributed by atoms with Crippen molar-refractivity contribution < 1.29 is 4.79 Å². The molecule has 0 aliphatic carbocycles. The van der Waals surface area contributed by atoms with Crippen LogP contribution in [0.25, 0.3) is 26.5 Å². The summed E-state index contributed by atoms with van der Waals surface area (Å²) in [6.07, 6.45) is 5.50. The van der Waals surface area contributed by atoms with Gasteiger partial charge in [-0.25, -0.2) is 9.83 Å². The topological polar surface area (TPSA) is 98.2 Å². The SMILES string of the molecule is [C-]#[N+]c1ccnc2ccc(Cc3cc(C(=O)NCc4ccc5c(N)nccc5c4)ccn3)cc12. The summed E-state index contributed by atoms with van der Waals surface area (Å²) in [4.78, 5) is 29.2. The molecule has 0 saturated heterocycles. The van der Waals surface area contributed by atoms with Crippen molar-refractivity contribution in [2.24, 2.45) is 0 Å². The molecule has 164 valence electrons. The predicted molar refractivity (Wildman–Crippen MR) is 132 cm³/mol. The van der Waals surface area contributed by atoms with E-state index >= 15 is 0 Å². The number of hydrogen-bond acceptors (Lipinski definition) is 5. The van der Waals surface area contributed by atoms with Gasteiger partial charge in [0.1, 0.15) is 5.82 Å². The van der Waals surface area contributed by atoms with Gasteiger partial charge in [0.2, 0.25) is 0 Å². The second-order valence-electron chi connectivity index (χ2n) is 7.94. The van der Waals surface area contributed by atoms with Crippen LogP contribution in [0.4, 0.5) is 11.5 Å². The molecule has 1 amide bonds. The summed E-state index contributed by atoms with van der Waals surface area (Å²) in [5.41, 5.74) is 10.6. The normalized spacial score (nSPS) is 10.8. The van der Waals surface area contributed by atoms with Crippen LogP contribution in [0.15, 0.2) is 79.3 Å². The molecule has 7 nitrogen and oxygen atoms in total. The molecule has 5 rings (SSSR count). The molecule has 0 saturated carbocycles. The van der Waals surface area contributed by atoms with E-state index in [9.17, 15) is 4.79 Å². The highest BCUT2D eigenvalue weighted by molar-refractivity contribution is 5.95. The lowest BCUT2D eigenvalue weighted by atomic mass is 10.0. The Labute approximate surface area is 196 Å². The van der Waals surface area contributed by atoms with Crippen LogP contribution in [0, 0.1) is 6.57 Å². The van der Waals surface area contributed by atoms with Crippen molar-refractivity contribution in [3.63, 3.8) is 0 Å². The molecule has 0 unspecified atom stereocenters. The number of amides is 1. The first kappa shape index (κ1) is 21.0. The molecule has 0 spiro atoms. The molecule has 0 bridgehead atoms. The van der Waals surface area contributed by atoms with E-state index in [0.717, 1.165) is 38.5 Å². The number of pyridine rings is 3. The monoisotopic (exact) mass is 444 g/mol. The summed E-state index contributed by atoms with van der Waals surface area (Å²) in [5.74, 6) is 0.321. The Morgan fingerprint density at radius 1 is 0.882 bits per heavy atom. The van der Waals surface area contributed by atoms with E-state index in [-0.39, 0.29) is 5.91 Å². The second-order valence-corrected chi connectivity index (χ2v) is 7.94. The highest BCUT2D eigenvalue weighted by Crippen LogP contribution is 2.26. The maximum atomic E-state index is 12.8. The van der Waals surface area contributed by atoms with Crippen molar-refractivity contribution >= 4 is 39.1 Å². The molecule has 3 aromatic heterocycles. The molecular weight excluding hydrogens is 424 g/mol. The standard InChI is InChI=1S/C27H20N6O/c1-29-24-8-11-31-25-5-3-17(14-23(24)25)13-21-15-20(7-9-30-21)27(34)33-16-18-2-4-22-19(12-18)6-10-32-26(22)28/h2-12,14-15H,13,16H2,(H2,28,32)(H,33,34). The Bertz CT molecular complexity index is 1590. The van der Waals surface area contributed by atoms with Gasteiger partial charge in [0, 0.05) is 53.6 Å². The minimum Gasteiger partial charge on any atom is -0.383 e. The smallest absolute Gasteiger partial charge is 0.251 e. The fourth-order valence-corrected chi connectivity index (χ4v) is 3.96. The average Bonchev–Trinajstić information content (AvgIpc) is 2.87. The van der Waals surface area contributed by atoms with Crippen molar-refractivity contribution in [3.8, 4) is 0 Å². The zero-order chi connectivity index (χ0) is 23.5. The number of carbonyl (C=O) groups is 1. The molecule has 0 aliphatic heterocycles. The van der Waals surface area contributed by atoms with Crippen molar-refractivity contribution in [1.82, 2.24) is 20.3 Å². The number of aromatic nitrogens is 3. The summed E-state index contributed by atoms with van der Waals surface area (Å²) < 4.78 is 0. The molecule has 2 aromatic carbocycles. The van der Waals surface area contributed by atoms with Crippen LogP contribution in [-0.2, 0) is 13.0 Å². The van der Waals surface area contributed by atoms with Gasteiger partial charge in [0.15, 0.2) is 5.69 Å². The summed E-state index contributed by atoms with van der Waals surface area (Å²) in [6, 6.07) is 18.8. The largest absolute Gasteiger partial charge is 0.383 e. The van der Waals surface area contributed by atoms with Crippen LogP contribution in [0.2, 0.25) is 0 Å². The first-order valence-corrected chi connectivity index (χ1v) is 10.7. The minimum atomic E-state index is -0.170. The van der Waals surface area contributed by atoms with Gasteiger partial charge in [-0.2, -0.15) is 0 Å². The van der Waals surface area contributed by atoms with E-state index in [0.29, 0.717) is 30.0 Å². The zero-order valence-corrected chi connectivity index (χ0v) is 18.2. The average molecular weight is 444 g/mol. The van der Waals surface area contributed by atoms with Gasteiger partial charge in [-0.15, -0.1) is 0 Å². The number of nitrogen functional groups attached to an aromatic ring is 1. The number of rotatable bonds is 5. The van der Waals surface area contributed by atoms with Gasteiger partial charge >= 0.3 is 0 Å². The Hall–Kier alpha value is -4.83. The van der Waals surface area contributed by atoms with Crippen molar-refractivity contribution in [1.29, 1.82) is 0 Å². The molecule has 0 atom stereocenters. The number of carbonyl (C=O) groups excluding carboxylic acids is 1. The molecule has 34 heavy (non-hydrogen) atoms. The van der Waals surface area contributed by atoms with Gasteiger partial charge in [0.05, 0.1) is 12.1 Å². The fourth-order valence-electron chi connectivity index (χ4n) is 3.96. The molecular formula is C27H20N6O. The van der Waals surface area contributed by atoms with E-state index in [4.69, 9.17) is 12.3 Å². The molecule has 7 heteroatoms. The number of nitrogens with one attached hydrogen (secondary N) is 1. The third kappa shape index (κ3) is 4.25. The number of nitrogens with two attached hydrogens (primary N) is 1. The summed E-state index contributed by atoms with van der Waals surface area (Å²) >= 11 is 0. The van der Waals surface area contributed by atoms with Crippen molar-refractivity contribution in [2.75, 3.05) is 5.73 Å². The van der Waals surface area contributed by atoms with Crippen molar-refractivity contribution in [2.45, 2.75) is 13.0 Å². The van der Waals surface area contributed by atoms with Crippen LogP contribution in [0.1, 0.15) is 27.2 Å². The third-order valence-corrected chi connectivity index (χ3v) is 5.68. The number of benzene rings is 2. The molecule has 5 aromatic rings. The lowest BCUT2D eigenvalue weighted by molar-refractivity contribution is 0.0950. The Morgan fingerprint density at radius 3 is 2.59 bits per heavy atom. The maximum absolute atomic E-state index is 12.8. The quantitative estimate of drug-likeness (QED) is 0.378. The van der Waals surface area contributed by atoms with E-state index in [2.05, 4.69) is 25.1 Å². The van der Waals surface area contributed by atoms with E-state index in [1.807, 2.05) is 42.5 Å². The number of nitrogens with zero attached hydrogens (tertiary/aromatic N) is 4. The zero-order valence-electron chi connectivity index (χ0n) is 18.2. The van der Waals surface area contributed by atoms with E-state index < -0.39 is 0 Å². The third-order valence-electron chi connectivity index (χ3n) is 5.68. The lowest BCUT2D eigenvalue weighted by Gasteiger charge is -2.09. The van der Waals surface area contributed by atoms with Crippen LogP contribution in [0.5, 0.6) is 0 Å². The highest BCUT2D eigenvalue weighted by atomic mass is 16.1. The Morgan fingerprint density at radius 2 is 1.71 bits per heavy atom. The van der Waals surface area contributed by atoms with Gasteiger partial charge < -0.3 is 11.1 Å². The van der Waals surface area contributed by atoms with E-state index in [1.54, 1.807) is 36.8 Å². The van der Waals surface area contributed by atoms with Crippen LogP contribution in [0.3, 0.4) is 0 Å². The second kappa shape index (κ2) is 8.96. The summed E-state index contributed by atoms with van der Waals surface area (Å²) in [7, 11) is 0. The lowest BCUT2D eigenvalue weighted by Crippen LogP contribution is -2.23. The number of anilines is 1. The van der Waals surface area contributed by atoms with Crippen molar-refractivity contribution in [3.05, 3.63) is 113 Å². The number of hydrogen-bond donors (Lipinski definition) is 2. The molecule has 3 heterocycles. The molecule has 0 fully saturated rings. The highest BCUT2D eigenvalue weighted by Gasteiger charge is 2.09. The molecule has 0 radical (unpaired) electrons. The van der Waals surface area contributed by atoms with E-state index in [1.165, 1.54) is 0 Å². The predicted octanol–water partition coefficient (Wildman–Crippen LogP) is 4.83. The van der Waals surface area contributed by atoms with Gasteiger partial charge in [-0.05, 0) is 52.9 Å². The van der Waals surface area contributed by atoms with Gasteiger partial charge in [-0.3, -0.25) is 14.8 Å². The Balaban J connectivity index is 1.30. The maximum Gasteiger partial charge on any atom is 0.251 e. The van der Waals surface area contributed by atoms with Crippen LogP contribution < -0.4 is 11.1 Å². The minimum absolute atomic E-state index is 0.170. The van der Waals surface area contributed by atoms with Gasteiger partial charge in [-0.1, -0.05) is 24.3 Å². The summed E-state index contributed by atoms with van der Waals surface area (Å²) in [6.45, 7) is 7.77. The Kier molecular flexibility index (Phi) is 5.55. The first-order chi connectivity index (χ1) is 16.6. The first-order valence-electron chi connectivity index (χ1n) is 10.7. The molecule has 3 N–H and O–H groups in total. The molecule has 0 aliphatic rings. The van der Waals surface area contributed by atoms with Crippen LogP contribution >= 0.6 is 0 Å². The fraction of sp³-hybridized carbons (Fsp3) is 0.0741. The van der Waals surface area contributed by atoms with Crippen LogP contribution in [-0.4, -0.2) is 20.9 Å². The van der Waals surface area contributed by atoms with Gasteiger partial charge in [0.25, 0.3) is 5.91 Å². The summed E-state index contributed by atoms with van der Waals surface area (Å²) in [5, 5.41) is 5.66. The number of fused-ring (bicyclic) bond motifs is 2.